The number of rotatable bonds is 3. The maximum absolute atomic E-state index is 10.8. The Hall–Kier alpha value is -0.570. The van der Waals surface area contributed by atoms with E-state index < -0.39 is 0 Å². The topological polar surface area (TPSA) is 55.1 Å². The molecule has 1 amide bonds. The van der Waals surface area contributed by atoms with Crippen molar-refractivity contribution in [3.05, 3.63) is 0 Å². The van der Waals surface area contributed by atoms with Crippen molar-refractivity contribution in [2.24, 2.45) is 16.6 Å². The molecule has 1 rings (SSSR count). The standard InChI is InChI=1S/C10H20N2O/c1-6(7(11)13)12-8-9(2,3)10(8,4)5/h6,8,12H,1-5H3,(H2,11,13). The zero-order chi connectivity index (χ0) is 10.4. The molecule has 0 radical (unpaired) electrons. The van der Waals surface area contributed by atoms with Gasteiger partial charge >= 0.3 is 0 Å². The highest BCUT2D eigenvalue weighted by Crippen LogP contribution is 2.62. The quantitative estimate of drug-likeness (QED) is 0.684. The van der Waals surface area contributed by atoms with Gasteiger partial charge in [-0.1, -0.05) is 27.7 Å². The molecule has 3 heteroatoms. The van der Waals surface area contributed by atoms with E-state index in [0.29, 0.717) is 6.04 Å². The minimum atomic E-state index is -0.279. The highest BCUT2D eigenvalue weighted by Gasteiger charge is 2.64. The van der Waals surface area contributed by atoms with E-state index in [4.69, 9.17) is 5.73 Å². The summed E-state index contributed by atoms with van der Waals surface area (Å²) in [5, 5.41) is 3.26. The number of amides is 1. The number of carbonyl (C=O) groups is 1. The Bertz CT molecular complexity index is 219. The van der Waals surface area contributed by atoms with Gasteiger partial charge in [-0.25, -0.2) is 0 Å². The lowest BCUT2D eigenvalue weighted by atomic mass is 10.0. The third-order valence-electron chi connectivity index (χ3n) is 3.86. The van der Waals surface area contributed by atoms with E-state index in [-0.39, 0.29) is 22.8 Å². The van der Waals surface area contributed by atoms with Gasteiger partial charge < -0.3 is 11.1 Å². The maximum Gasteiger partial charge on any atom is 0.234 e. The van der Waals surface area contributed by atoms with Crippen molar-refractivity contribution in [2.45, 2.75) is 46.7 Å². The van der Waals surface area contributed by atoms with Crippen LogP contribution in [0.1, 0.15) is 34.6 Å². The van der Waals surface area contributed by atoms with E-state index in [1.165, 1.54) is 0 Å². The summed E-state index contributed by atoms with van der Waals surface area (Å²) in [6.07, 6.45) is 0. The molecule has 1 atom stereocenters. The van der Waals surface area contributed by atoms with Gasteiger partial charge in [0.2, 0.25) is 5.91 Å². The normalized spacial score (nSPS) is 26.8. The van der Waals surface area contributed by atoms with Crippen molar-refractivity contribution in [3.8, 4) is 0 Å². The predicted molar refractivity (Wildman–Crippen MR) is 53.1 cm³/mol. The summed E-state index contributed by atoms with van der Waals surface area (Å²) < 4.78 is 0. The lowest BCUT2D eigenvalue weighted by molar-refractivity contribution is -0.119. The van der Waals surface area contributed by atoms with Crippen LogP contribution in [0, 0.1) is 10.8 Å². The molecule has 0 heterocycles. The lowest BCUT2D eigenvalue weighted by Crippen LogP contribution is -2.41. The van der Waals surface area contributed by atoms with Crippen LogP contribution >= 0.6 is 0 Å². The second kappa shape index (κ2) is 2.71. The van der Waals surface area contributed by atoms with Crippen molar-refractivity contribution in [1.29, 1.82) is 0 Å². The summed E-state index contributed by atoms with van der Waals surface area (Å²) >= 11 is 0. The van der Waals surface area contributed by atoms with Gasteiger partial charge in [-0.15, -0.1) is 0 Å². The fourth-order valence-electron chi connectivity index (χ4n) is 1.95. The SMILES string of the molecule is CC(NC1C(C)(C)C1(C)C)C(N)=O. The third kappa shape index (κ3) is 1.46. The van der Waals surface area contributed by atoms with Crippen molar-refractivity contribution in [1.82, 2.24) is 5.32 Å². The number of hydrogen-bond acceptors (Lipinski definition) is 2. The van der Waals surface area contributed by atoms with Crippen LogP contribution in [0.25, 0.3) is 0 Å². The number of nitrogens with two attached hydrogens (primary N) is 1. The summed E-state index contributed by atoms with van der Waals surface area (Å²) in [5.74, 6) is -0.279. The monoisotopic (exact) mass is 184 g/mol. The van der Waals surface area contributed by atoms with Crippen LogP contribution in [0.4, 0.5) is 0 Å². The Morgan fingerprint density at radius 1 is 1.31 bits per heavy atom. The highest BCUT2D eigenvalue weighted by molar-refractivity contribution is 5.79. The first-order valence-corrected chi connectivity index (χ1v) is 4.76. The van der Waals surface area contributed by atoms with E-state index in [9.17, 15) is 4.79 Å². The van der Waals surface area contributed by atoms with Crippen molar-refractivity contribution in [2.75, 3.05) is 0 Å². The first kappa shape index (κ1) is 10.5. The molecule has 76 valence electrons. The Kier molecular flexibility index (Phi) is 2.19. The average Bonchev–Trinajstić information content (AvgIpc) is 2.32. The molecule has 0 aromatic heterocycles. The fraction of sp³-hybridized carbons (Fsp3) is 0.900. The van der Waals surface area contributed by atoms with Gasteiger partial charge in [0, 0.05) is 6.04 Å². The molecule has 1 saturated carbocycles. The first-order chi connectivity index (χ1) is 5.71. The molecule has 3 nitrogen and oxygen atoms in total. The molecular weight excluding hydrogens is 164 g/mol. The van der Waals surface area contributed by atoms with E-state index in [0.717, 1.165) is 0 Å². The summed E-state index contributed by atoms with van der Waals surface area (Å²) in [6.45, 7) is 10.6. The fourth-order valence-corrected chi connectivity index (χ4v) is 1.95. The molecule has 1 unspecified atom stereocenters. The molecule has 0 saturated heterocycles. The van der Waals surface area contributed by atoms with Gasteiger partial charge in [-0.05, 0) is 17.8 Å². The van der Waals surface area contributed by atoms with E-state index >= 15 is 0 Å². The Morgan fingerprint density at radius 2 is 1.69 bits per heavy atom. The van der Waals surface area contributed by atoms with E-state index in [1.54, 1.807) is 0 Å². The van der Waals surface area contributed by atoms with Gasteiger partial charge in [0.15, 0.2) is 0 Å². The Balaban J connectivity index is 2.56. The van der Waals surface area contributed by atoms with Crippen LogP contribution in [0.2, 0.25) is 0 Å². The zero-order valence-electron chi connectivity index (χ0n) is 9.14. The summed E-state index contributed by atoms with van der Waals surface area (Å²) in [7, 11) is 0. The molecule has 0 spiro atoms. The van der Waals surface area contributed by atoms with Crippen molar-refractivity contribution >= 4 is 5.91 Å². The zero-order valence-corrected chi connectivity index (χ0v) is 9.14. The van der Waals surface area contributed by atoms with E-state index in [2.05, 4.69) is 33.0 Å². The van der Waals surface area contributed by atoms with Crippen LogP contribution in [0.3, 0.4) is 0 Å². The van der Waals surface area contributed by atoms with Gasteiger partial charge in [0.25, 0.3) is 0 Å². The third-order valence-corrected chi connectivity index (χ3v) is 3.86. The average molecular weight is 184 g/mol. The second-order valence-electron chi connectivity index (χ2n) is 5.17. The van der Waals surface area contributed by atoms with Crippen LogP contribution < -0.4 is 11.1 Å². The van der Waals surface area contributed by atoms with Gasteiger partial charge in [0.1, 0.15) is 0 Å². The van der Waals surface area contributed by atoms with Gasteiger partial charge in [-0.3, -0.25) is 4.79 Å². The van der Waals surface area contributed by atoms with Crippen LogP contribution in [0.5, 0.6) is 0 Å². The highest BCUT2D eigenvalue weighted by atomic mass is 16.1. The van der Waals surface area contributed by atoms with Crippen LogP contribution in [-0.4, -0.2) is 18.0 Å². The van der Waals surface area contributed by atoms with Crippen molar-refractivity contribution < 1.29 is 4.79 Å². The largest absolute Gasteiger partial charge is 0.368 e. The minimum absolute atomic E-state index is 0.231. The summed E-state index contributed by atoms with van der Waals surface area (Å²) in [6, 6.07) is 0.161. The molecule has 0 aromatic rings. The summed E-state index contributed by atoms with van der Waals surface area (Å²) in [4.78, 5) is 10.8. The molecule has 1 aliphatic rings. The molecule has 3 N–H and O–H groups in total. The summed E-state index contributed by atoms with van der Waals surface area (Å²) in [5.41, 5.74) is 5.71. The van der Waals surface area contributed by atoms with Crippen LogP contribution in [-0.2, 0) is 4.79 Å². The van der Waals surface area contributed by atoms with E-state index in [1.807, 2.05) is 6.92 Å². The molecule has 1 aliphatic carbocycles. The first-order valence-electron chi connectivity index (χ1n) is 4.76. The number of primary amides is 1. The molecular formula is C10H20N2O. The van der Waals surface area contributed by atoms with Crippen molar-refractivity contribution in [3.63, 3.8) is 0 Å². The Labute approximate surface area is 80.1 Å². The molecule has 1 fully saturated rings. The minimum Gasteiger partial charge on any atom is -0.368 e. The second-order valence-corrected chi connectivity index (χ2v) is 5.17. The number of carbonyl (C=O) groups excluding carboxylic acids is 1. The number of hydrogen-bond donors (Lipinski definition) is 2. The smallest absolute Gasteiger partial charge is 0.234 e. The molecule has 0 bridgehead atoms. The van der Waals surface area contributed by atoms with Crippen LogP contribution in [0.15, 0.2) is 0 Å². The van der Waals surface area contributed by atoms with Gasteiger partial charge in [0.05, 0.1) is 6.04 Å². The molecule has 13 heavy (non-hydrogen) atoms. The molecule has 0 aliphatic heterocycles. The molecule has 0 aromatic carbocycles. The van der Waals surface area contributed by atoms with Gasteiger partial charge in [-0.2, -0.15) is 0 Å². The predicted octanol–water partition coefficient (Wildman–Crippen LogP) is 0.884. The maximum atomic E-state index is 10.8. The lowest BCUT2D eigenvalue weighted by Gasteiger charge is -2.11. The number of nitrogens with one attached hydrogen (secondary N) is 1. The Morgan fingerprint density at radius 3 is 1.92 bits per heavy atom.